The van der Waals surface area contributed by atoms with Crippen LogP contribution >= 0.6 is 12.4 Å². The van der Waals surface area contributed by atoms with Crippen LogP contribution in [0.5, 0.6) is 0 Å². The summed E-state index contributed by atoms with van der Waals surface area (Å²) in [7, 11) is 0. The quantitative estimate of drug-likeness (QED) is 0.582. The highest BCUT2D eigenvalue weighted by molar-refractivity contribution is 6.00. The molecular formula is C7H11ClN2O. The van der Waals surface area contributed by atoms with E-state index in [0.29, 0.717) is 0 Å². The molecule has 0 aromatic carbocycles. The summed E-state index contributed by atoms with van der Waals surface area (Å²) in [5.74, 6) is 0.102. The van der Waals surface area contributed by atoms with E-state index in [1.807, 2.05) is 0 Å². The van der Waals surface area contributed by atoms with Crippen molar-refractivity contribution >= 4 is 24.7 Å². The highest BCUT2D eigenvalue weighted by Crippen LogP contribution is 2.34. The van der Waals surface area contributed by atoms with E-state index in [1.54, 1.807) is 0 Å². The molecule has 2 aliphatic rings. The highest BCUT2D eigenvalue weighted by Gasteiger charge is 2.42. The first-order valence-corrected chi connectivity index (χ1v) is 3.68. The van der Waals surface area contributed by atoms with Crippen LogP contribution in [0.15, 0.2) is 4.99 Å². The van der Waals surface area contributed by atoms with Crippen molar-refractivity contribution in [3.8, 4) is 0 Å². The summed E-state index contributed by atoms with van der Waals surface area (Å²) < 4.78 is 0. The maximum absolute atomic E-state index is 11.2. The fraction of sp³-hybridized carbons (Fsp3) is 0.714. The van der Waals surface area contributed by atoms with E-state index in [2.05, 4.69) is 10.3 Å². The van der Waals surface area contributed by atoms with Crippen molar-refractivity contribution in [3.63, 3.8) is 0 Å². The first-order chi connectivity index (χ1) is 4.83. The smallest absolute Gasteiger partial charge is 0.253 e. The summed E-state index contributed by atoms with van der Waals surface area (Å²) in [6.07, 6.45) is 5.70. The molecule has 62 valence electrons. The summed E-state index contributed by atoms with van der Waals surface area (Å²) in [5.41, 5.74) is -0.333. The Morgan fingerprint density at radius 3 is 2.55 bits per heavy atom. The molecular weight excluding hydrogens is 164 g/mol. The molecule has 0 saturated heterocycles. The van der Waals surface area contributed by atoms with E-state index in [4.69, 9.17) is 0 Å². The Labute approximate surface area is 71.7 Å². The molecule has 1 heterocycles. The zero-order chi connectivity index (χ0) is 7.03. The second kappa shape index (κ2) is 2.81. The normalized spacial score (nSPS) is 25.3. The lowest BCUT2D eigenvalue weighted by Crippen LogP contribution is -2.35. The van der Waals surface area contributed by atoms with Gasteiger partial charge in [0.05, 0.1) is 6.34 Å². The Kier molecular flexibility index (Phi) is 2.18. The number of nitrogens with zero attached hydrogens (tertiary/aromatic N) is 1. The summed E-state index contributed by atoms with van der Waals surface area (Å²) in [6.45, 7) is 0. The van der Waals surface area contributed by atoms with Crippen molar-refractivity contribution in [2.45, 2.75) is 31.2 Å². The molecule has 0 radical (unpaired) electrons. The van der Waals surface area contributed by atoms with Gasteiger partial charge in [-0.25, -0.2) is 0 Å². The van der Waals surface area contributed by atoms with Crippen LogP contribution in [0.1, 0.15) is 25.7 Å². The fourth-order valence-electron chi connectivity index (χ4n) is 1.72. The molecule has 0 bridgehead atoms. The molecule has 1 saturated carbocycles. The zero-order valence-corrected chi connectivity index (χ0v) is 6.99. The summed E-state index contributed by atoms with van der Waals surface area (Å²) in [5, 5.41) is 2.62. The number of hydrogen-bond acceptors (Lipinski definition) is 2. The van der Waals surface area contributed by atoms with Gasteiger partial charge in [0.15, 0.2) is 0 Å². The van der Waals surface area contributed by atoms with Crippen molar-refractivity contribution in [1.82, 2.24) is 5.32 Å². The number of nitrogens with one attached hydrogen (secondary N) is 1. The van der Waals surface area contributed by atoms with Gasteiger partial charge in [-0.2, -0.15) is 0 Å². The molecule has 1 amide bonds. The van der Waals surface area contributed by atoms with Crippen LogP contribution in [0.25, 0.3) is 0 Å². The van der Waals surface area contributed by atoms with Gasteiger partial charge in [0.25, 0.3) is 5.91 Å². The number of aliphatic imine (C=N–C) groups is 1. The van der Waals surface area contributed by atoms with E-state index in [-0.39, 0.29) is 23.9 Å². The third-order valence-corrected chi connectivity index (χ3v) is 2.36. The molecule has 0 unspecified atom stereocenters. The first-order valence-electron chi connectivity index (χ1n) is 3.68. The number of rotatable bonds is 0. The molecule has 11 heavy (non-hydrogen) atoms. The minimum Gasteiger partial charge on any atom is -0.315 e. The summed E-state index contributed by atoms with van der Waals surface area (Å²) >= 11 is 0. The Bertz CT molecular complexity index is 197. The summed E-state index contributed by atoms with van der Waals surface area (Å²) in [4.78, 5) is 15.3. The minimum atomic E-state index is -0.333. The van der Waals surface area contributed by atoms with E-state index in [0.717, 1.165) is 25.7 Å². The van der Waals surface area contributed by atoms with Gasteiger partial charge in [0.1, 0.15) is 5.54 Å². The SMILES string of the molecule is Cl.O=C1NC=NC12CCCC2. The number of hydrogen-bond donors (Lipinski definition) is 1. The standard InChI is InChI=1S/C7H10N2O.ClH/c10-6-7(9-5-8-6)3-1-2-4-7;/h5H,1-4H2,(H,8,9,10);1H. The van der Waals surface area contributed by atoms with E-state index in [1.165, 1.54) is 6.34 Å². The van der Waals surface area contributed by atoms with Gasteiger partial charge >= 0.3 is 0 Å². The largest absolute Gasteiger partial charge is 0.315 e. The number of carbonyl (C=O) groups excluding carboxylic acids is 1. The molecule has 0 aromatic rings. The summed E-state index contributed by atoms with van der Waals surface area (Å²) in [6, 6.07) is 0. The molecule has 1 aliphatic carbocycles. The zero-order valence-electron chi connectivity index (χ0n) is 6.17. The van der Waals surface area contributed by atoms with Gasteiger partial charge in [-0.3, -0.25) is 9.79 Å². The van der Waals surface area contributed by atoms with Crippen molar-refractivity contribution in [2.75, 3.05) is 0 Å². The molecule has 1 fully saturated rings. The minimum absolute atomic E-state index is 0. The van der Waals surface area contributed by atoms with Crippen molar-refractivity contribution in [2.24, 2.45) is 4.99 Å². The predicted octanol–water partition coefficient (Wildman–Crippen LogP) is 0.879. The molecule has 4 heteroatoms. The predicted molar refractivity (Wildman–Crippen MR) is 45.1 cm³/mol. The second-order valence-electron chi connectivity index (χ2n) is 2.97. The van der Waals surface area contributed by atoms with E-state index >= 15 is 0 Å². The highest BCUT2D eigenvalue weighted by atomic mass is 35.5. The van der Waals surface area contributed by atoms with Gasteiger partial charge in [0.2, 0.25) is 0 Å². The first kappa shape index (κ1) is 8.53. The van der Waals surface area contributed by atoms with Gasteiger partial charge < -0.3 is 5.32 Å². The van der Waals surface area contributed by atoms with Crippen LogP contribution in [-0.2, 0) is 4.79 Å². The van der Waals surface area contributed by atoms with E-state index in [9.17, 15) is 4.79 Å². The Morgan fingerprint density at radius 1 is 1.45 bits per heavy atom. The molecule has 1 spiro atoms. The number of amides is 1. The van der Waals surface area contributed by atoms with Crippen molar-refractivity contribution in [1.29, 1.82) is 0 Å². The third-order valence-electron chi connectivity index (χ3n) is 2.36. The van der Waals surface area contributed by atoms with Crippen molar-refractivity contribution in [3.05, 3.63) is 0 Å². The number of carbonyl (C=O) groups is 1. The average molecular weight is 175 g/mol. The van der Waals surface area contributed by atoms with Gasteiger partial charge in [-0.05, 0) is 12.8 Å². The molecule has 1 aliphatic heterocycles. The van der Waals surface area contributed by atoms with Crippen LogP contribution in [0.3, 0.4) is 0 Å². The van der Waals surface area contributed by atoms with Crippen LogP contribution in [-0.4, -0.2) is 17.8 Å². The molecule has 3 nitrogen and oxygen atoms in total. The van der Waals surface area contributed by atoms with Gasteiger partial charge in [0, 0.05) is 0 Å². The van der Waals surface area contributed by atoms with Crippen LogP contribution in [0.4, 0.5) is 0 Å². The Hall–Kier alpha value is -0.570. The van der Waals surface area contributed by atoms with Crippen LogP contribution in [0, 0.1) is 0 Å². The average Bonchev–Trinajstić information content (AvgIpc) is 2.48. The second-order valence-corrected chi connectivity index (χ2v) is 2.97. The van der Waals surface area contributed by atoms with Gasteiger partial charge in [-0.1, -0.05) is 12.8 Å². The topological polar surface area (TPSA) is 41.5 Å². The Balaban J connectivity index is 0.000000605. The lowest BCUT2D eigenvalue weighted by atomic mass is 9.99. The van der Waals surface area contributed by atoms with Crippen LogP contribution in [0.2, 0.25) is 0 Å². The van der Waals surface area contributed by atoms with E-state index < -0.39 is 0 Å². The van der Waals surface area contributed by atoms with Crippen LogP contribution < -0.4 is 5.32 Å². The molecule has 2 rings (SSSR count). The Morgan fingerprint density at radius 2 is 2.09 bits per heavy atom. The molecule has 1 N–H and O–H groups in total. The monoisotopic (exact) mass is 174 g/mol. The third kappa shape index (κ3) is 1.13. The lowest BCUT2D eigenvalue weighted by Gasteiger charge is -2.14. The van der Waals surface area contributed by atoms with Crippen molar-refractivity contribution < 1.29 is 4.79 Å². The maximum Gasteiger partial charge on any atom is 0.253 e. The molecule has 0 aromatic heterocycles. The fourth-order valence-corrected chi connectivity index (χ4v) is 1.72. The molecule has 0 atom stereocenters. The lowest BCUT2D eigenvalue weighted by molar-refractivity contribution is -0.123. The maximum atomic E-state index is 11.2. The number of halogens is 1. The van der Waals surface area contributed by atoms with Gasteiger partial charge in [-0.15, -0.1) is 12.4 Å².